The van der Waals surface area contributed by atoms with Crippen LogP contribution in [-0.2, 0) is 19.1 Å². The van der Waals surface area contributed by atoms with E-state index in [0.717, 1.165) is 0 Å². The zero-order chi connectivity index (χ0) is 11.8. The predicted octanol–water partition coefficient (Wildman–Crippen LogP) is -1.74. The van der Waals surface area contributed by atoms with E-state index < -0.39 is 11.9 Å². The van der Waals surface area contributed by atoms with Crippen molar-refractivity contribution in [1.82, 2.24) is 15.8 Å². The van der Waals surface area contributed by atoms with Crippen molar-refractivity contribution in [2.75, 3.05) is 27.2 Å². The van der Waals surface area contributed by atoms with Gasteiger partial charge in [0.15, 0.2) is 0 Å². The molecule has 0 aromatic carbocycles. The summed E-state index contributed by atoms with van der Waals surface area (Å²) in [5.41, 5.74) is 4.31. The minimum Gasteiger partial charge on any atom is -0.468 e. The Morgan fingerprint density at radius 3 is 2.27 bits per heavy atom. The highest BCUT2D eigenvalue weighted by molar-refractivity contribution is 5.82. The highest BCUT2D eigenvalue weighted by Gasteiger charge is 2.10. The Balaban J connectivity index is 3.76. The van der Waals surface area contributed by atoms with Gasteiger partial charge in [-0.05, 0) is 7.05 Å². The van der Waals surface area contributed by atoms with Crippen molar-refractivity contribution >= 4 is 17.8 Å². The summed E-state index contributed by atoms with van der Waals surface area (Å²) in [7, 11) is 2.86. The molecule has 0 atom stereocenters. The number of carbonyl (C=O) groups is 3. The SMILES string of the molecule is COC(=O)CN(C)CC(=O)NNC(C)=O. The Morgan fingerprint density at radius 1 is 1.20 bits per heavy atom. The molecule has 7 nitrogen and oxygen atoms in total. The van der Waals surface area contributed by atoms with Crippen molar-refractivity contribution in [2.24, 2.45) is 0 Å². The monoisotopic (exact) mass is 217 g/mol. The van der Waals surface area contributed by atoms with Crippen LogP contribution in [0.2, 0.25) is 0 Å². The lowest BCUT2D eigenvalue weighted by atomic mass is 10.5. The number of nitrogens with zero attached hydrogens (tertiary/aromatic N) is 1. The van der Waals surface area contributed by atoms with Gasteiger partial charge in [-0.3, -0.25) is 30.1 Å². The van der Waals surface area contributed by atoms with Crippen LogP contribution in [0.4, 0.5) is 0 Å². The Labute approximate surface area is 87.7 Å². The van der Waals surface area contributed by atoms with Crippen molar-refractivity contribution in [3.63, 3.8) is 0 Å². The molecule has 0 rings (SSSR count). The molecule has 0 bridgehead atoms. The van der Waals surface area contributed by atoms with E-state index in [1.54, 1.807) is 7.05 Å². The molecule has 0 aliphatic rings. The average molecular weight is 217 g/mol. The van der Waals surface area contributed by atoms with E-state index in [1.807, 2.05) is 0 Å². The molecule has 0 aromatic rings. The molecule has 0 aromatic heterocycles. The molecule has 0 saturated heterocycles. The lowest BCUT2D eigenvalue weighted by Gasteiger charge is -2.14. The molecule has 0 unspecified atom stereocenters. The van der Waals surface area contributed by atoms with Gasteiger partial charge in [0.1, 0.15) is 0 Å². The van der Waals surface area contributed by atoms with Crippen LogP contribution in [0.25, 0.3) is 0 Å². The zero-order valence-electron chi connectivity index (χ0n) is 8.99. The lowest BCUT2D eigenvalue weighted by Crippen LogP contribution is -2.45. The Hall–Kier alpha value is -1.63. The molecule has 0 spiro atoms. The van der Waals surface area contributed by atoms with E-state index in [2.05, 4.69) is 15.6 Å². The van der Waals surface area contributed by atoms with Crippen molar-refractivity contribution in [3.05, 3.63) is 0 Å². The van der Waals surface area contributed by atoms with Crippen molar-refractivity contribution < 1.29 is 19.1 Å². The highest BCUT2D eigenvalue weighted by atomic mass is 16.5. The second-order valence-corrected chi connectivity index (χ2v) is 2.98. The first kappa shape index (κ1) is 13.4. The molecule has 0 saturated carbocycles. The summed E-state index contributed by atoms with van der Waals surface area (Å²) in [5, 5.41) is 0. The summed E-state index contributed by atoms with van der Waals surface area (Å²) >= 11 is 0. The van der Waals surface area contributed by atoms with Gasteiger partial charge in [0.25, 0.3) is 5.91 Å². The van der Waals surface area contributed by atoms with Crippen LogP contribution >= 0.6 is 0 Å². The molecule has 7 heteroatoms. The molecule has 86 valence electrons. The predicted molar refractivity (Wildman–Crippen MR) is 51.5 cm³/mol. The fourth-order valence-electron chi connectivity index (χ4n) is 0.783. The van der Waals surface area contributed by atoms with Gasteiger partial charge >= 0.3 is 5.97 Å². The zero-order valence-corrected chi connectivity index (χ0v) is 8.99. The summed E-state index contributed by atoms with van der Waals surface area (Å²) in [4.78, 5) is 33.8. The van der Waals surface area contributed by atoms with E-state index in [1.165, 1.54) is 18.9 Å². The van der Waals surface area contributed by atoms with Gasteiger partial charge in [-0.15, -0.1) is 0 Å². The fourth-order valence-corrected chi connectivity index (χ4v) is 0.783. The molecule has 0 radical (unpaired) electrons. The molecular weight excluding hydrogens is 202 g/mol. The van der Waals surface area contributed by atoms with Gasteiger partial charge in [-0.1, -0.05) is 0 Å². The largest absolute Gasteiger partial charge is 0.468 e. The third kappa shape index (κ3) is 7.44. The summed E-state index contributed by atoms with van der Waals surface area (Å²) in [6.07, 6.45) is 0. The number of carbonyl (C=O) groups excluding carboxylic acids is 3. The van der Waals surface area contributed by atoms with Crippen molar-refractivity contribution in [1.29, 1.82) is 0 Å². The van der Waals surface area contributed by atoms with Crippen LogP contribution in [0.1, 0.15) is 6.92 Å². The topological polar surface area (TPSA) is 87.7 Å². The minimum absolute atomic E-state index is 0.00458. The number of hydrazine groups is 1. The van der Waals surface area contributed by atoms with Gasteiger partial charge in [-0.25, -0.2) is 0 Å². The van der Waals surface area contributed by atoms with Crippen molar-refractivity contribution in [3.8, 4) is 0 Å². The maximum Gasteiger partial charge on any atom is 0.319 e. The minimum atomic E-state index is -0.426. The van der Waals surface area contributed by atoms with Crippen LogP contribution in [0.3, 0.4) is 0 Å². The first-order valence-corrected chi connectivity index (χ1v) is 4.26. The maximum absolute atomic E-state index is 11.1. The quantitative estimate of drug-likeness (QED) is 0.431. The fraction of sp³-hybridized carbons (Fsp3) is 0.625. The molecule has 0 aliphatic carbocycles. The molecular formula is C8H15N3O4. The lowest BCUT2D eigenvalue weighted by molar-refractivity contribution is -0.142. The molecule has 0 aliphatic heterocycles. The van der Waals surface area contributed by atoms with Crippen LogP contribution in [0.5, 0.6) is 0 Å². The average Bonchev–Trinajstić information content (AvgIpc) is 2.14. The number of methoxy groups -OCH3 is 1. The molecule has 0 fully saturated rings. The van der Waals surface area contributed by atoms with E-state index in [-0.39, 0.29) is 19.0 Å². The van der Waals surface area contributed by atoms with Crippen molar-refractivity contribution in [2.45, 2.75) is 6.92 Å². The van der Waals surface area contributed by atoms with E-state index in [0.29, 0.717) is 0 Å². The summed E-state index contributed by atoms with van der Waals surface area (Å²) in [6, 6.07) is 0. The molecule has 15 heavy (non-hydrogen) atoms. The van der Waals surface area contributed by atoms with Gasteiger partial charge in [0, 0.05) is 6.92 Å². The van der Waals surface area contributed by atoms with Crippen LogP contribution < -0.4 is 10.9 Å². The van der Waals surface area contributed by atoms with Gasteiger partial charge in [0.05, 0.1) is 20.2 Å². The van der Waals surface area contributed by atoms with Gasteiger partial charge < -0.3 is 4.74 Å². The first-order valence-electron chi connectivity index (χ1n) is 4.26. The van der Waals surface area contributed by atoms with Crippen LogP contribution in [0, 0.1) is 0 Å². The Kier molecular flexibility index (Phi) is 6.03. The number of hydrogen-bond donors (Lipinski definition) is 2. The van der Waals surface area contributed by atoms with E-state index >= 15 is 0 Å². The van der Waals surface area contributed by atoms with Crippen LogP contribution in [-0.4, -0.2) is 49.9 Å². The first-order chi connectivity index (χ1) is 6.95. The normalized spacial score (nSPS) is 9.60. The van der Waals surface area contributed by atoms with Gasteiger partial charge in [-0.2, -0.15) is 0 Å². The van der Waals surface area contributed by atoms with E-state index in [9.17, 15) is 14.4 Å². The number of ether oxygens (including phenoxy) is 1. The second-order valence-electron chi connectivity index (χ2n) is 2.98. The number of hydrogen-bond acceptors (Lipinski definition) is 5. The number of nitrogens with one attached hydrogen (secondary N) is 2. The van der Waals surface area contributed by atoms with Gasteiger partial charge in [0.2, 0.25) is 5.91 Å². The third-order valence-corrected chi connectivity index (χ3v) is 1.42. The molecule has 0 heterocycles. The van der Waals surface area contributed by atoms with E-state index in [4.69, 9.17) is 0 Å². The molecule has 2 N–H and O–H groups in total. The molecule has 2 amide bonds. The second kappa shape index (κ2) is 6.77. The summed E-state index contributed by atoms with van der Waals surface area (Å²) in [5.74, 6) is -1.19. The Bertz CT molecular complexity index is 254. The Morgan fingerprint density at radius 2 is 1.80 bits per heavy atom. The smallest absolute Gasteiger partial charge is 0.319 e. The standard InChI is InChI=1S/C8H15N3O4/c1-6(12)9-10-7(13)4-11(2)5-8(14)15-3/h4-5H2,1-3H3,(H,9,12)(H,10,13). The van der Waals surface area contributed by atoms with Crippen LogP contribution in [0.15, 0.2) is 0 Å². The highest BCUT2D eigenvalue weighted by Crippen LogP contribution is 1.83. The summed E-state index contributed by atoms with van der Waals surface area (Å²) < 4.78 is 4.42. The number of rotatable bonds is 4. The summed E-state index contributed by atoms with van der Waals surface area (Å²) in [6.45, 7) is 1.29. The third-order valence-electron chi connectivity index (χ3n) is 1.42. The number of amides is 2. The number of likely N-dealkylation sites (N-methyl/N-ethyl adjacent to an activating group) is 1. The number of esters is 1. The maximum atomic E-state index is 11.1.